The number of hydrogen-bond acceptors (Lipinski definition) is 5. The number of aromatic amines is 1. The van der Waals surface area contributed by atoms with Crippen molar-refractivity contribution in [3.8, 4) is 11.8 Å². The predicted molar refractivity (Wildman–Crippen MR) is 123 cm³/mol. The maximum atomic E-state index is 13.1. The molecule has 2 aromatic rings. The summed E-state index contributed by atoms with van der Waals surface area (Å²) < 4.78 is 5.34. The van der Waals surface area contributed by atoms with Crippen molar-refractivity contribution in [1.29, 1.82) is 5.26 Å². The summed E-state index contributed by atoms with van der Waals surface area (Å²) >= 11 is 0. The number of nitriles is 1. The summed E-state index contributed by atoms with van der Waals surface area (Å²) in [5.74, 6) is -0.660. The van der Waals surface area contributed by atoms with Crippen LogP contribution in [0, 0.1) is 22.7 Å². The first-order valence-electron chi connectivity index (χ1n) is 11.1. The zero-order valence-corrected chi connectivity index (χ0v) is 19.5. The second-order valence-electron chi connectivity index (χ2n) is 9.60. The van der Waals surface area contributed by atoms with Crippen molar-refractivity contribution in [1.82, 2.24) is 20.9 Å². The smallest absolute Gasteiger partial charge is 0.268 e. The summed E-state index contributed by atoms with van der Waals surface area (Å²) in [7, 11) is 1.56. The SMILES string of the molecule is COc1cccc2cc(C(=O)N[C@@H](CC(C)(C)C)C(=O)N[C@H](C#N)C[C@@H]3CCNC3=O)[nH]c12. The monoisotopic (exact) mass is 453 g/mol. The van der Waals surface area contributed by atoms with Crippen LogP contribution in [0.4, 0.5) is 0 Å². The minimum Gasteiger partial charge on any atom is -0.495 e. The first kappa shape index (κ1) is 24.1. The van der Waals surface area contributed by atoms with Crippen LogP contribution in [0.15, 0.2) is 24.3 Å². The van der Waals surface area contributed by atoms with Crippen LogP contribution >= 0.6 is 0 Å². The fraction of sp³-hybridized carbons (Fsp3) is 0.500. The number of carbonyl (C=O) groups excluding carboxylic acids is 3. The van der Waals surface area contributed by atoms with E-state index in [0.29, 0.717) is 36.3 Å². The lowest BCUT2D eigenvalue weighted by Gasteiger charge is -2.27. The van der Waals surface area contributed by atoms with E-state index in [0.717, 1.165) is 5.39 Å². The number of carbonyl (C=O) groups is 3. The Kier molecular flexibility index (Phi) is 7.26. The van der Waals surface area contributed by atoms with E-state index < -0.39 is 23.9 Å². The number of nitrogens with one attached hydrogen (secondary N) is 4. The standard InChI is InChI=1S/C24H31N5O4/c1-24(2,3)12-18(23(32)27-16(13-25)10-15-8-9-26-21(15)30)29-22(31)17-11-14-6-5-7-19(33-4)20(14)28-17/h5-7,11,15-16,18,28H,8-10,12H2,1-4H3,(H,26,30)(H,27,32)(H,29,31)/t15-,16-,18-/m0/s1. The number of methoxy groups -OCH3 is 1. The van der Waals surface area contributed by atoms with Gasteiger partial charge in [0.1, 0.15) is 23.5 Å². The molecule has 1 aromatic carbocycles. The van der Waals surface area contributed by atoms with Gasteiger partial charge in [0.15, 0.2) is 0 Å². The molecule has 1 saturated heterocycles. The first-order chi connectivity index (χ1) is 15.6. The quantitative estimate of drug-likeness (QED) is 0.486. The van der Waals surface area contributed by atoms with Gasteiger partial charge < -0.3 is 25.7 Å². The molecule has 9 heteroatoms. The number of ether oxygens (including phenoxy) is 1. The third kappa shape index (κ3) is 6.04. The van der Waals surface area contributed by atoms with E-state index in [2.05, 4.69) is 27.0 Å². The molecule has 0 aliphatic carbocycles. The van der Waals surface area contributed by atoms with Gasteiger partial charge in [0.2, 0.25) is 11.8 Å². The Hall–Kier alpha value is -3.54. The summed E-state index contributed by atoms with van der Waals surface area (Å²) in [6.45, 7) is 6.49. The fourth-order valence-corrected chi connectivity index (χ4v) is 4.05. The van der Waals surface area contributed by atoms with Crippen LogP contribution in [0.2, 0.25) is 0 Å². The van der Waals surface area contributed by atoms with Crippen LogP contribution in [0.3, 0.4) is 0 Å². The Bertz CT molecular complexity index is 1080. The molecule has 0 unspecified atom stereocenters. The number of benzene rings is 1. The topological polar surface area (TPSA) is 136 Å². The van der Waals surface area contributed by atoms with E-state index in [1.54, 1.807) is 19.2 Å². The molecule has 4 N–H and O–H groups in total. The van der Waals surface area contributed by atoms with E-state index in [-0.39, 0.29) is 23.7 Å². The van der Waals surface area contributed by atoms with Gasteiger partial charge in [-0.3, -0.25) is 14.4 Å². The molecule has 3 rings (SSSR count). The number of para-hydroxylation sites is 1. The first-order valence-corrected chi connectivity index (χ1v) is 11.1. The van der Waals surface area contributed by atoms with Gasteiger partial charge >= 0.3 is 0 Å². The molecule has 9 nitrogen and oxygen atoms in total. The Balaban J connectivity index is 1.74. The van der Waals surface area contributed by atoms with Crippen molar-refractivity contribution in [3.05, 3.63) is 30.0 Å². The third-order valence-electron chi connectivity index (χ3n) is 5.68. The molecule has 1 aliphatic rings. The number of nitrogens with zero attached hydrogens (tertiary/aromatic N) is 1. The van der Waals surface area contributed by atoms with Crippen molar-refractivity contribution in [3.63, 3.8) is 0 Å². The summed E-state index contributed by atoms with van der Waals surface area (Å²) in [6, 6.07) is 7.60. The van der Waals surface area contributed by atoms with Crippen LogP contribution in [0.5, 0.6) is 5.75 Å². The average Bonchev–Trinajstić information content (AvgIpc) is 3.37. The second-order valence-corrected chi connectivity index (χ2v) is 9.60. The average molecular weight is 454 g/mol. The Morgan fingerprint density at radius 3 is 2.67 bits per heavy atom. The van der Waals surface area contributed by atoms with Gasteiger partial charge in [0.05, 0.1) is 18.7 Å². The highest BCUT2D eigenvalue weighted by atomic mass is 16.5. The normalized spacial score (nSPS) is 17.7. The molecular weight excluding hydrogens is 422 g/mol. The van der Waals surface area contributed by atoms with Gasteiger partial charge in [-0.2, -0.15) is 5.26 Å². The molecule has 0 bridgehead atoms. The maximum Gasteiger partial charge on any atom is 0.268 e. The molecule has 0 saturated carbocycles. The van der Waals surface area contributed by atoms with E-state index in [1.807, 2.05) is 32.9 Å². The highest BCUT2D eigenvalue weighted by molar-refractivity contribution is 6.01. The minimum atomic E-state index is -0.848. The van der Waals surface area contributed by atoms with Crippen LogP contribution in [0.1, 0.15) is 50.5 Å². The molecule has 176 valence electrons. The molecule has 1 fully saturated rings. The lowest BCUT2D eigenvalue weighted by Crippen LogP contribution is -2.51. The molecule has 3 atom stereocenters. The summed E-state index contributed by atoms with van der Waals surface area (Å²) in [5.41, 5.74) is 0.744. The van der Waals surface area contributed by atoms with Gasteiger partial charge in [-0.1, -0.05) is 32.9 Å². The summed E-state index contributed by atoms with van der Waals surface area (Å²) in [6.07, 6.45) is 1.25. The van der Waals surface area contributed by atoms with E-state index in [1.165, 1.54) is 0 Å². The van der Waals surface area contributed by atoms with Crippen LogP contribution in [-0.2, 0) is 9.59 Å². The minimum absolute atomic E-state index is 0.0988. The number of hydrogen-bond donors (Lipinski definition) is 4. The molecule has 33 heavy (non-hydrogen) atoms. The van der Waals surface area contributed by atoms with Crippen molar-refractivity contribution in [2.45, 2.75) is 52.1 Å². The third-order valence-corrected chi connectivity index (χ3v) is 5.68. The number of rotatable bonds is 8. The van der Waals surface area contributed by atoms with Crippen LogP contribution in [-0.4, -0.2) is 48.4 Å². The largest absolute Gasteiger partial charge is 0.495 e. The lowest BCUT2D eigenvalue weighted by molar-refractivity contribution is -0.125. The molecule has 1 aliphatic heterocycles. The van der Waals surface area contributed by atoms with E-state index in [9.17, 15) is 19.6 Å². The Labute approximate surface area is 193 Å². The lowest BCUT2D eigenvalue weighted by atomic mass is 9.87. The van der Waals surface area contributed by atoms with Gasteiger partial charge in [-0.15, -0.1) is 0 Å². The van der Waals surface area contributed by atoms with Crippen molar-refractivity contribution in [2.24, 2.45) is 11.3 Å². The molecule has 1 aromatic heterocycles. The van der Waals surface area contributed by atoms with Gasteiger partial charge in [0, 0.05) is 17.8 Å². The maximum absolute atomic E-state index is 13.1. The van der Waals surface area contributed by atoms with Crippen LogP contribution in [0.25, 0.3) is 10.9 Å². The Morgan fingerprint density at radius 1 is 1.30 bits per heavy atom. The number of aromatic nitrogens is 1. The zero-order valence-electron chi connectivity index (χ0n) is 19.5. The Morgan fingerprint density at radius 2 is 2.06 bits per heavy atom. The molecule has 0 spiro atoms. The van der Waals surface area contributed by atoms with E-state index in [4.69, 9.17) is 4.74 Å². The predicted octanol–water partition coefficient (Wildman–Crippen LogP) is 2.25. The van der Waals surface area contributed by atoms with Crippen molar-refractivity contribution in [2.75, 3.05) is 13.7 Å². The van der Waals surface area contributed by atoms with Gasteiger partial charge in [-0.25, -0.2) is 0 Å². The van der Waals surface area contributed by atoms with Crippen molar-refractivity contribution < 1.29 is 19.1 Å². The number of fused-ring (bicyclic) bond motifs is 1. The van der Waals surface area contributed by atoms with Gasteiger partial charge in [-0.05, 0) is 36.8 Å². The fourth-order valence-electron chi connectivity index (χ4n) is 4.05. The van der Waals surface area contributed by atoms with E-state index >= 15 is 0 Å². The molecular formula is C24H31N5O4. The van der Waals surface area contributed by atoms with Crippen molar-refractivity contribution >= 4 is 28.6 Å². The summed E-state index contributed by atoms with van der Waals surface area (Å²) in [5, 5.41) is 18.6. The zero-order chi connectivity index (χ0) is 24.2. The van der Waals surface area contributed by atoms with Crippen LogP contribution < -0.4 is 20.7 Å². The van der Waals surface area contributed by atoms with Gasteiger partial charge in [0.25, 0.3) is 5.91 Å². The molecule has 3 amide bonds. The summed E-state index contributed by atoms with van der Waals surface area (Å²) in [4.78, 5) is 41.0. The number of H-pyrrole nitrogens is 1. The molecule has 0 radical (unpaired) electrons. The molecule has 2 heterocycles. The highest BCUT2D eigenvalue weighted by Crippen LogP contribution is 2.26. The highest BCUT2D eigenvalue weighted by Gasteiger charge is 2.32. The number of amides is 3. The second kappa shape index (κ2) is 9.94.